The lowest BCUT2D eigenvalue weighted by molar-refractivity contribution is 0.497. The summed E-state index contributed by atoms with van der Waals surface area (Å²) in [4.78, 5) is 21.5. The van der Waals surface area contributed by atoms with Crippen molar-refractivity contribution < 1.29 is 9.79 Å². The standard InChI is InChI=1S/C5H2Cl4NO2P/c6-1-3(13(11)12)2(7)5(9)10-4(1)8/h11-12H. The van der Waals surface area contributed by atoms with Crippen LogP contribution in [-0.2, 0) is 0 Å². The van der Waals surface area contributed by atoms with Crippen LogP contribution in [0.3, 0.4) is 0 Å². The van der Waals surface area contributed by atoms with E-state index < -0.39 is 8.38 Å². The van der Waals surface area contributed by atoms with E-state index in [9.17, 15) is 0 Å². The number of nitrogens with zero attached hydrogens (tertiary/aromatic N) is 1. The summed E-state index contributed by atoms with van der Waals surface area (Å²) in [5.41, 5.74) is 0. The van der Waals surface area contributed by atoms with E-state index in [1.807, 2.05) is 0 Å². The van der Waals surface area contributed by atoms with Crippen LogP contribution in [0, 0.1) is 0 Å². The molecule has 0 saturated heterocycles. The van der Waals surface area contributed by atoms with Crippen LogP contribution in [0.4, 0.5) is 0 Å². The molecular weight excluding hydrogens is 279 g/mol. The van der Waals surface area contributed by atoms with E-state index in [-0.39, 0.29) is 25.7 Å². The van der Waals surface area contributed by atoms with Crippen LogP contribution >= 0.6 is 54.8 Å². The molecule has 0 aliphatic rings. The molecule has 3 nitrogen and oxygen atoms in total. The van der Waals surface area contributed by atoms with Crippen molar-refractivity contribution in [2.24, 2.45) is 0 Å². The molecule has 0 aliphatic heterocycles. The zero-order valence-corrected chi connectivity index (χ0v) is 9.72. The van der Waals surface area contributed by atoms with E-state index >= 15 is 0 Å². The fraction of sp³-hybridized carbons (Fsp3) is 0. The Balaban J connectivity index is 3.46. The smallest absolute Gasteiger partial charge is 0.202 e. The molecule has 1 heterocycles. The van der Waals surface area contributed by atoms with E-state index in [1.165, 1.54) is 0 Å². The lowest BCUT2D eigenvalue weighted by Crippen LogP contribution is -2.06. The molecule has 0 atom stereocenters. The molecule has 0 aliphatic carbocycles. The lowest BCUT2D eigenvalue weighted by atomic mass is 10.5. The number of hydrogen-bond donors (Lipinski definition) is 2. The Morgan fingerprint density at radius 1 is 0.923 bits per heavy atom. The van der Waals surface area contributed by atoms with Crippen molar-refractivity contribution in [2.45, 2.75) is 0 Å². The van der Waals surface area contributed by atoms with E-state index in [2.05, 4.69) is 4.98 Å². The van der Waals surface area contributed by atoms with Crippen LogP contribution in [0.2, 0.25) is 20.4 Å². The van der Waals surface area contributed by atoms with Crippen LogP contribution in [0.25, 0.3) is 0 Å². The third kappa shape index (κ3) is 2.37. The second-order valence-electron chi connectivity index (χ2n) is 1.96. The first-order valence-electron chi connectivity index (χ1n) is 2.83. The molecule has 13 heavy (non-hydrogen) atoms. The highest BCUT2D eigenvalue weighted by molar-refractivity contribution is 7.54. The predicted molar refractivity (Wildman–Crippen MR) is 55.3 cm³/mol. The minimum Gasteiger partial charge on any atom is -0.346 e. The summed E-state index contributed by atoms with van der Waals surface area (Å²) in [7, 11) is -2.44. The van der Waals surface area contributed by atoms with E-state index in [1.54, 1.807) is 0 Å². The molecule has 72 valence electrons. The van der Waals surface area contributed by atoms with Crippen molar-refractivity contribution >= 4 is 60.1 Å². The Kier molecular flexibility index (Phi) is 4.02. The minimum atomic E-state index is -2.44. The Morgan fingerprint density at radius 3 is 1.62 bits per heavy atom. The summed E-state index contributed by atoms with van der Waals surface area (Å²) < 4.78 is 0. The maximum absolute atomic E-state index is 8.94. The summed E-state index contributed by atoms with van der Waals surface area (Å²) in [5, 5.41) is -0.481. The zero-order valence-electron chi connectivity index (χ0n) is 5.80. The van der Waals surface area contributed by atoms with Crippen molar-refractivity contribution in [3.05, 3.63) is 20.4 Å². The van der Waals surface area contributed by atoms with Crippen molar-refractivity contribution in [3.63, 3.8) is 0 Å². The summed E-state index contributed by atoms with van der Waals surface area (Å²) in [6, 6.07) is 0. The predicted octanol–water partition coefficient (Wildman–Crippen LogP) is 2.62. The van der Waals surface area contributed by atoms with Gasteiger partial charge in [0, 0.05) is 0 Å². The summed E-state index contributed by atoms with van der Waals surface area (Å²) in [5.74, 6) is 0. The first-order chi connectivity index (χ1) is 5.95. The number of halogens is 4. The molecule has 1 aromatic heterocycles. The Labute approximate surface area is 95.1 Å². The van der Waals surface area contributed by atoms with Gasteiger partial charge in [-0.05, 0) is 0 Å². The van der Waals surface area contributed by atoms with E-state index in [0.29, 0.717) is 0 Å². The van der Waals surface area contributed by atoms with E-state index in [0.717, 1.165) is 0 Å². The number of pyridine rings is 1. The van der Waals surface area contributed by atoms with Crippen LogP contribution in [0.1, 0.15) is 0 Å². The van der Waals surface area contributed by atoms with Gasteiger partial charge in [0.2, 0.25) is 8.38 Å². The largest absolute Gasteiger partial charge is 0.346 e. The average Bonchev–Trinajstić information content (AvgIpc) is 2.01. The van der Waals surface area contributed by atoms with Gasteiger partial charge in [0.05, 0.1) is 15.3 Å². The van der Waals surface area contributed by atoms with Gasteiger partial charge in [-0.15, -0.1) is 0 Å². The molecule has 0 aromatic carbocycles. The molecule has 0 amide bonds. The van der Waals surface area contributed by atoms with Gasteiger partial charge in [-0.2, -0.15) is 0 Å². The monoisotopic (exact) mass is 279 g/mol. The van der Waals surface area contributed by atoms with Crippen LogP contribution in [-0.4, -0.2) is 14.8 Å². The van der Waals surface area contributed by atoms with Gasteiger partial charge in [-0.25, -0.2) is 4.98 Å². The lowest BCUT2D eigenvalue weighted by Gasteiger charge is -2.09. The first kappa shape index (κ1) is 11.7. The highest BCUT2D eigenvalue weighted by Crippen LogP contribution is 2.37. The van der Waals surface area contributed by atoms with E-state index in [4.69, 9.17) is 56.2 Å². The Morgan fingerprint density at radius 2 is 1.31 bits per heavy atom. The van der Waals surface area contributed by atoms with Gasteiger partial charge in [0.15, 0.2) is 0 Å². The van der Waals surface area contributed by atoms with Crippen molar-refractivity contribution in [2.75, 3.05) is 0 Å². The molecular formula is C5H2Cl4NO2P. The SMILES string of the molecule is OP(O)c1c(Cl)c(Cl)nc(Cl)c1Cl. The van der Waals surface area contributed by atoms with Crippen molar-refractivity contribution in [3.8, 4) is 0 Å². The second-order valence-corrected chi connectivity index (χ2v) is 4.46. The van der Waals surface area contributed by atoms with Gasteiger partial charge in [-0.3, -0.25) is 0 Å². The fourth-order valence-corrected chi connectivity index (χ4v) is 2.52. The Bertz CT molecular complexity index is 320. The van der Waals surface area contributed by atoms with Gasteiger partial charge in [0.25, 0.3) is 0 Å². The molecule has 0 fully saturated rings. The summed E-state index contributed by atoms with van der Waals surface area (Å²) in [6.07, 6.45) is 0. The molecule has 1 rings (SSSR count). The first-order valence-corrected chi connectivity index (χ1v) is 5.59. The maximum Gasteiger partial charge on any atom is 0.202 e. The number of rotatable bonds is 1. The maximum atomic E-state index is 8.94. The minimum absolute atomic E-state index is 0.0802. The van der Waals surface area contributed by atoms with Gasteiger partial charge < -0.3 is 9.79 Å². The highest BCUT2D eigenvalue weighted by Gasteiger charge is 2.20. The molecule has 0 unspecified atom stereocenters. The van der Waals surface area contributed by atoms with Gasteiger partial charge >= 0.3 is 0 Å². The molecule has 0 saturated carbocycles. The summed E-state index contributed by atoms with van der Waals surface area (Å²) in [6.45, 7) is 0. The topological polar surface area (TPSA) is 53.4 Å². The van der Waals surface area contributed by atoms with Crippen LogP contribution < -0.4 is 5.30 Å². The molecule has 1 aromatic rings. The van der Waals surface area contributed by atoms with Crippen LogP contribution in [0.15, 0.2) is 0 Å². The Hall–Kier alpha value is 0.660. The number of aromatic nitrogens is 1. The molecule has 0 radical (unpaired) electrons. The normalized spacial score (nSPS) is 11.0. The zero-order chi connectivity index (χ0) is 10.2. The molecule has 2 N–H and O–H groups in total. The molecule has 0 bridgehead atoms. The third-order valence-corrected chi connectivity index (χ3v) is 3.76. The third-order valence-electron chi connectivity index (χ3n) is 1.17. The fourth-order valence-electron chi connectivity index (χ4n) is 0.652. The highest BCUT2D eigenvalue weighted by atomic mass is 35.5. The van der Waals surface area contributed by atoms with Crippen LogP contribution in [0.5, 0.6) is 0 Å². The second kappa shape index (κ2) is 4.45. The van der Waals surface area contributed by atoms with Gasteiger partial charge in [-0.1, -0.05) is 46.4 Å². The summed E-state index contributed by atoms with van der Waals surface area (Å²) >= 11 is 22.3. The average molecular weight is 281 g/mol. The van der Waals surface area contributed by atoms with Crippen molar-refractivity contribution in [1.29, 1.82) is 0 Å². The number of hydrogen-bond acceptors (Lipinski definition) is 3. The quantitative estimate of drug-likeness (QED) is 0.614. The van der Waals surface area contributed by atoms with Crippen molar-refractivity contribution in [1.82, 2.24) is 4.98 Å². The van der Waals surface area contributed by atoms with Gasteiger partial charge in [0.1, 0.15) is 10.3 Å². The molecule has 8 heteroatoms. The molecule has 0 spiro atoms.